The van der Waals surface area contributed by atoms with Crippen LogP contribution in [0.15, 0.2) is 47.1 Å². The Bertz CT molecular complexity index is 1850. The van der Waals surface area contributed by atoms with Gasteiger partial charge in [-0.1, -0.05) is 46.3 Å². The number of hydrogen-bond donors (Lipinski definition) is 0. The summed E-state index contributed by atoms with van der Waals surface area (Å²) in [5, 5.41) is 2.41. The summed E-state index contributed by atoms with van der Waals surface area (Å²) in [4.78, 5) is 34.2. The van der Waals surface area contributed by atoms with Gasteiger partial charge in [0.1, 0.15) is 29.2 Å². The number of rotatable bonds is 5. The molecule has 2 aromatic carbocycles. The zero-order valence-electron chi connectivity index (χ0n) is 27.1. The minimum absolute atomic E-state index is 0.00614. The van der Waals surface area contributed by atoms with Crippen molar-refractivity contribution >= 4 is 49.5 Å². The number of carbonyl (C=O) groups is 1. The largest absolute Gasteiger partial charge is 0.461 e. The van der Waals surface area contributed by atoms with E-state index in [4.69, 9.17) is 24.4 Å². The molecule has 4 aliphatic rings. The highest BCUT2D eigenvalue weighted by Crippen LogP contribution is 2.41. The molecule has 2 atom stereocenters. The van der Waals surface area contributed by atoms with Crippen LogP contribution in [0.3, 0.4) is 0 Å². The maximum absolute atomic E-state index is 16.9. The van der Waals surface area contributed by atoms with Crippen LogP contribution in [0.2, 0.25) is 0 Å². The molecule has 0 spiro atoms. The second kappa shape index (κ2) is 11.5. The molecule has 4 saturated heterocycles. The van der Waals surface area contributed by atoms with Gasteiger partial charge in [-0.3, -0.25) is 14.8 Å². The van der Waals surface area contributed by atoms with Gasteiger partial charge in [0.05, 0.1) is 23.0 Å². The Balaban J connectivity index is 1.20. The fourth-order valence-electron chi connectivity index (χ4n) is 8.36. The molecule has 2 aromatic heterocycles. The topological polar surface area (TPSA) is 83.9 Å². The summed E-state index contributed by atoms with van der Waals surface area (Å²) in [5.41, 5.74) is 0.530. The number of ether oxygens (including phenoxy) is 2. The maximum Gasteiger partial charge on any atom is 0.410 e. The number of anilines is 1. The minimum atomic E-state index is -0.572. The monoisotopic (exact) mass is 702 g/mol. The van der Waals surface area contributed by atoms with Crippen molar-refractivity contribution in [3.63, 3.8) is 0 Å². The van der Waals surface area contributed by atoms with Crippen molar-refractivity contribution in [3.8, 4) is 17.3 Å². The van der Waals surface area contributed by atoms with E-state index in [1.807, 2.05) is 62.1 Å². The summed E-state index contributed by atoms with van der Waals surface area (Å²) in [6.07, 6.45) is 7.64. The number of benzene rings is 2. The molecule has 0 saturated carbocycles. The normalized spacial score (nSPS) is 22.3. The second-order valence-corrected chi connectivity index (χ2v) is 15.4. The van der Waals surface area contributed by atoms with Crippen molar-refractivity contribution in [2.75, 3.05) is 37.7 Å². The standard InChI is InChI=1S/C36H40BrFN6O3/c1-35(2,3)47-34(45)44-23-12-13-24(44)20-42(19-23)32-26-18-39-30(25-10-4-8-22-9-5-11-27(37)28(22)25)29(38)31(26)40-33(41-32)46-21-36-14-6-16-43(36)17-7-15-36/h4-5,8-11,18,23-24H,6-7,12-17,19-21H2,1-3H3/t23-,24+. The minimum Gasteiger partial charge on any atom is -0.461 e. The van der Waals surface area contributed by atoms with Crippen LogP contribution in [0.25, 0.3) is 32.9 Å². The molecule has 0 aliphatic carbocycles. The van der Waals surface area contributed by atoms with Crippen LogP contribution in [-0.4, -0.2) is 86.9 Å². The molecule has 4 fully saturated rings. The summed E-state index contributed by atoms with van der Waals surface area (Å²) in [6, 6.07) is 11.9. The molecule has 246 valence electrons. The molecule has 1 amide bonds. The molecule has 0 radical (unpaired) electrons. The van der Waals surface area contributed by atoms with Crippen molar-refractivity contribution in [1.29, 1.82) is 0 Å². The molecule has 6 heterocycles. The van der Waals surface area contributed by atoms with E-state index < -0.39 is 11.4 Å². The number of fused-ring (bicyclic) bond motifs is 5. The highest BCUT2D eigenvalue weighted by molar-refractivity contribution is 9.10. The number of pyridine rings is 1. The summed E-state index contributed by atoms with van der Waals surface area (Å²) in [6.45, 7) is 9.42. The van der Waals surface area contributed by atoms with E-state index in [9.17, 15) is 4.79 Å². The van der Waals surface area contributed by atoms with Crippen molar-refractivity contribution in [1.82, 2.24) is 24.8 Å². The molecule has 4 aromatic rings. The first kappa shape index (κ1) is 30.7. The van der Waals surface area contributed by atoms with E-state index in [0.717, 1.165) is 66.9 Å². The van der Waals surface area contributed by atoms with Gasteiger partial charge in [0.25, 0.3) is 0 Å². The molecule has 0 N–H and O–H groups in total. The van der Waals surface area contributed by atoms with Crippen molar-refractivity contribution in [2.45, 2.75) is 82.5 Å². The van der Waals surface area contributed by atoms with E-state index in [-0.39, 0.29) is 40.9 Å². The molecular formula is C36H40BrFN6O3. The van der Waals surface area contributed by atoms with Crippen molar-refractivity contribution < 1.29 is 18.7 Å². The lowest BCUT2D eigenvalue weighted by molar-refractivity contribution is 0.0122. The lowest BCUT2D eigenvalue weighted by Gasteiger charge is -2.42. The van der Waals surface area contributed by atoms with Crippen LogP contribution >= 0.6 is 15.9 Å². The third-order valence-corrected chi connectivity index (χ3v) is 11.1. The molecular weight excluding hydrogens is 663 g/mol. The molecule has 11 heteroatoms. The quantitative estimate of drug-likeness (QED) is 0.214. The Morgan fingerprint density at radius 1 is 1.04 bits per heavy atom. The molecule has 0 unspecified atom stereocenters. The predicted octanol–water partition coefficient (Wildman–Crippen LogP) is 7.34. The zero-order chi connectivity index (χ0) is 32.5. The van der Waals surface area contributed by atoms with Crippen LogP contribution in [0.1, 0.15) is 59.3 Å². The van der Waals surface area contributed by atoms with E-state index >= 15 is 4.39 Å². The van der Waals surface area contributed by atoms with Crippen molar-refractivity contribution in [2.24, 2.45) is 0 Å². The summed E-state index contributed by atoms with van der Waals surface area (Å²) >= 11 is 3.67. The Morgan fingerprint density at radius 2 is 1.74 bits per heavy atom. The van der Waals surface area contributed by atoms with Crippen LogP contribution in [-0.2, 0) is 4.74 Å². The van der Waals surface area contributed by atoms with Crippen LogP contribution < -0.4 is 9.64 Å². The van der Waals surface area contributed by atoms with Gasteiger partial charge < -0.3 is 14.4 Å². The van der Waals surface area contributed by atoms with Gasteiger partial charge in [-0.05, 0) is 83.8 Å². The fraction of sp³-hybridized carbons (Fsp3) is 0.500. The Hall–Kier alpha value is -3.57. The lowest BCUT2D eigenvalue weighted by Crippen LogP contribution is -2.57. The third kappa shape index (κ3) is 5.39. The van der Waals surface area contributed by atoms with Gasteiger partial charge >= 0.3 is 12.1 Å². The van der Waals surface area contributed by atoms with Gasteiger partial charge in [-0.2, -0.15) is 9.97 Å². The summed E-state index contributed by atoms with van der Waals surface area (Å²) in [7, 11) is 0. The van der Waals surface area contributed by atoms with Crippen LogP contribution in [0.5, 0.6) is 6.01 Å². The van der Waals surface area contributed by atoms with E-state index in [1.165, 1.54) is 0 Å². The Kier molecular flexibility index (Phi) is 7.55. The van der Waals surface area contributed by atoms with Gasteiger partial charge in [0.15, 0.2) is 5.82 Å². The number of halogens is 2. The first-order chi connectivity index (χ1) is 22.6. The number of aromatic nitrogens is 3. The smallest absolute Gasteiger partial charge is 0.410 e. The van der Waals surface area contributed by atoms with Gasteiger partial charge in [-0.25, -0.2) is 9.18 Å². The number of nitrogens with zero attached hydrogens (tertiary/aromatic N) is 6. The van der Waals surface area contributed by atoms with Crippen LogP contribution in [0.4, 0.5) is 15.0 Å². The average molecular weight is 704 g/mol. The van der Waals surface area contributed by atoms with Gasteiger partial charge in [0.2, 0.25) is 0 Å². The van der Waals surface area contributed by atoms with Crippen LogP contribution in [0, 0.1) is 5.82 Å². The Morgan fingerprint density at radius 3 is 2.45 bits per heavy atom. The zero-order valence-corrected chi connectivity index (χ0v) is 28.7. The molecule has 8 rings (SSSR count). The Labute approximate surface area is 282 Å². The maximum atomic E-state index is 16.9. The third-order valence-electron chi connectivity index (χ3n) is 10.4. The second-order valence-electron chi connectivity index (χ2n) is 14.5. The van der Waals surface area contributed by atoms with Gasteiger partial charge in [0, 0.05) is 34.7 Å². The predicted molar refractivity (Wildman–Crippen MR) is 183 cm³/mol. The first-order valence-electron chi connectivity index (χ1n) is 16.8. The van der Waals surface area contributed by atoms with E-state index in [0.29, 0.717) is 36.5 Å². The van der Waals surface area contributed by atoms with Gasteiger partial charge in [-0.15, -0.1) is 0 Å². The summed E-state index contributed by atoms with van der Waals surface area (Å²) in [5.74, 6) is 0.0890. The summed E-state index contributed by atoms with van der Waals surface area (Å²) < 4.78 is 29.9. The number of piperazine rings is 1. The number of amides is 1. The molecule has 9 nitrogen and oxygen atoms in total. The SMILES string of the molecule is CC(C)(C)OC(=O)N1[C@@H]2CC[C@H]1CN(c1nc(OCC34CCCN3CCC4)nc3c(F)c(-c4cccc5cccc(Br)c45)ncc13)C2. The number of hydrogen-bond acceptors (Lipinski definition) is 8. The number of carbonyl (C=O) groups excluding carboxylic acids is 1. The average Bonchev–Trinajstić information content (AvgIpc) is 3.70. The molecule has 47 heavy (non-hydrogen) atoms. The first-order valence-corrected chi connectivity index (χ1v) is 17.6. The molecule has 2 bridgehead atoms. The molecule has 4 aliphatic heterocycles. The lowest BCUT2D eigenvalue weighted by atomic mass is 9.95. The highest BCUT2D eigenvalue weighted by Gasteiger charge is 2.46. The highest BCUT2D eigenvalue weighted by atomic mass is 79.9. The van der Waals surface area contributed by atoms with E-state index in [2.05, 4.69) is 25.7 Å². The fourth-order valence-corrected chi connectivity index (χ4v) is 8.95. The van der Waals surface area contributed by atoms with Crippen molar-refractivity contribution in [3.05, 3.63) is 52.9 Å². The van der Waals surface area contributed by atoms with E-state index in [1.54, 1.807) is 6.20 Å².